The monoisotopic (exact) mass is 387 g/mol. The number of amides is 1. The zero-order valence-corrected chi connectivity index (χ0v) is 13.4. The topological polar surface area (TPSA) is 75.7 Å². The van der Waals surface area contributed by atoms with E-state index in [2.05, 4.69) is 36.2 Å². The Balaban J connectivity index is 2.14. The van der Waals surface area contributed by atoms with Gasteiger partial charge in [0.15, 0.2) is 11.5 Å². The average molecular weight is 388 g/mol. The van der Waals surface area contributed by atoms with Crippen molar-refractivity contribution in [1.82, 2.24) is 10.4 Å². The molecule has 1 amide bonds. The first-order chi connectivity index (χ1) is 11.0. The summed E-state index contributed by atoms with van der Waals surface area (Å²) in [4.78, 5) is 14.5. The van der Waals surface area contributed by atoms with Gasteiger partial charge in [0.05, 0.1) is 13.3 Å². The van der Waals surface area contributed by atoms with Crippen LogP contribution in [0.1, 0.15) is 16.1 Å². The molecule has 2 rings (SSSR count). The summed E-state index contributed by atoms with van der Waals surface area (Å²) in [6.07, 6.45) is 2.78. The van der Waals surface area contributed by atoms with Crippen LogP contribution in [0.25, 0.3) is 0 Å². The third-order valence-corrected chi connectivity index (χ3v) is 3.16. The normalized spacial score (nSPS) is 11.0. The number of alkyl halides is 2. The molecule has 9 heteroatoms. The summed E-state index contributed by atoms with van der Waals surface area (Å²) in [5, 5.41) is 3.73. The lowest BCUT2D eigenvalue weighted by atomic mass is 10.2. The zero-order chi connectivity index (χ0) is 16.8. The highest BCUT2D eigenvalue weighted by Gasteiger charge is 2.14. The van der Waals surface area contributed by atoms with Gasteiger partial charge in [-0.1, -0.05) is 6.07 Å². The number of carbonyl (C=O) groups is 1. The van der Waals surface area contributed by atoms with Gasteiger partial charge in [-0.25, -0.2) is 5.43 Å². The van der Waals surface area contributed by atoms with Gasteiger partial charge in [-0.2, -0.15) is 13.9 Å². The minimum Gasteiger partial charge on any atom is -0.493 e. The maximum atomic E-state index is 12.5. The van der Waals surface area contributed by atoms with Crippen molar-refractivity contribution in [2.24, 2.45) is 5.10 Å². The quantitative estimate of drug-likeness (QED) is 0.590. The van der Waals surface area contributed by atoms with E-state index in [9.17, 15) is 13.6 Å². The minimum atomic E-state index is -3.01. The Bertz CT molecular complexity index is 719. The van der Waals surface area contributed by atoms with Gasteiger partial charge >= 0.3 is 6.61 Å². The highest BCUT2D eigenvalue weighted by atomic mass is 79.9. The maximum Gasteiger partial charge on any atom is 0.387 e. The fourth-order valence-corrected chi connectivity index (χ4v) is 2.07. The highest BCUT2D eigenvalue weighted by Crippen LogP contribution is 2.31. The summed E-state index contributed by atoms with van der Waals surface area (Å²) >= 11 is 3.20. The summed E-state index contributed by atoms with van der Waals surface area (Å²) in [5.74, 6) is -0.509. The van der Waals surface area contributed by atoms with Crippen molar-refractivity contribution in [2.75, 3.05) is 7.11 Å². The fourth-order valence-electron chi connectivity index (χ4n) is 1.73. The van der Waals surface area contributed by atoms with Crippen molar-refractivity contribution in [3.8, 4) is 11.5 Å². The van der Waals surface area contributed by atoms with Gasteiger partial charge in [0.25, 0.3) is 5.91 Å². The van der Waals surface area contributed by atoms with Crippen molar-refractivity contribution < 1.29 is 23.0 Å². The number of carbonyl (C=O) groups excluding carboxylic acids is 1. The second-order valence-corrected chi connectivity index (χ2v) is 5.10. The number of rotatable bonds is 6. The molecule has 0 atom stereocenters. The van der Waals surface area contributed by atoms with E-state index in [4.69, 9.17) is 4.74 Å². The van der Waals surface area contributed by atoms with Gasteiger partial charge in [-0.05, 0) is 34.1 Å². The van der Waals surface area contributed by atoms with Gasteiger partial charge in [0.1, 0.15) is 5.69 Å². The molecule has 0 unspecified atom stereocenters. The van der Waals surface area contributed by atoms with Gasteiger partial charge in [0.2, 0.25) is 0 Å². The van der Waals surface area contributed by atoms with Crippen LogP contribution >= 0.6 is 15.9 Å². The molecule has 0 aliphatic carbocycles. The Hall–Kier alpha value is -2.42. The zero-order valence-electron chi connectivity index (χ0n) is 11.8. The van der Waals surface area contributed by atoms with E-state index in [0.29, 0.717) is 10.2 Å². The molecule has 0 saturated heterocycles. The predicted octanol–water partition coefficient (Wildman–Crippen LogP) is 3.15. The van der Waals surface area contributed by atoms with Gasteiger partial charge < -0.3 is 14.5 Å². The van der Waals surface area contributed by atoms with E-state index in [-0.39, 0.29) is 17.1 Å². The maximum absolute atomic E-state index is 12.5. The van der Waals surface area contributed by atoms with Crippen LogP contribution in [-0.2, 0) is 0 Å². The predicted molar refractivity (Wildman–Crippen MR) is 83.2 cm³/mol. The first-order valence-electron chi connectivity index (χ1n) is 6.30. The third kappa shape index (κ3) is 4.52. The molecule has 6 nitrogen and oxygen atoms in total. The number of hydrogen-bond acceptors (Lipinski definition) is 4. The molecule has 0 radical (unpaired) electrons. The van der Waals surface area contributed by atoms with E-state index in [1.807, 2.05) is 0 Å². The number of hydrazone groups is 1. The Morgan fingerprint density at radius 2 is 2.26 bits per heavy atom. The Morgan fingerprint density at radius 3 is 2.87 bits per heavy atom. The van der Waals surface area contributed by atoms with Crippen LogP contribution in [-0.4, -0.2) is 30.8 Å². The Morgan fingerprint density at radius 1 is 1.48 bits per heavy atom. The lowest BCUT2D eigenvalue weighted by Crippen LogP contribution is -2.18. The fraction of sp³-hybridized carbons (Fsp3) is 0.143. The molecule has 0 bridgehead atoms. The van der Waals surface area contributed by atoms with E-state index in [0.717, 1.165) is 0 Å². The van der Waals surface area contributed by atoms with E-state index in [1.54, 1.807) is 18.3 Å². The van der Waals surface area contributed by atoms with Crippen molar-refractivity contribution in [1.29, 1.82) is 0 Å². The molecule has 122 valence electrons. The van der Waals surface area contributed by atoms with Crippen LogP contribution in [0.4, 0.5) is 8.78 Å². The smallest absolute Gasteiger partial charge is 0.387 e. The van der Waals surface area contributed by atoms with Crippen LogP contribution in [0.5, 0.6) is 11.5 Å². The standard InChI is InChI=1S/C14H12BrF2N3O3/c1-22-11-4-2-3-8(12(11)23-14(16)17)6-19-20-13(21)10-5-9(15)7-18-10/h2-7,14,18H,1H3,(H,20,21)/b19-6-. The number of aromatic amines is 1. The summed E-state index contributed by atoms with van der Waals surface area (Å²) in [7, 11) is 1.33. The van der Waals surface area contributed by atoms with Crippen molar-refractivity contribution in [2.45, 2.75) is 6.61 Å². The second-order valence-electron chi connectivity index (χ2n) is 4.19. The Labute approximate surface area is 138 Å². The van der Waals surface area contributed by atoms with Crippen LogP contribution in [0.2, 0.25) is 0 Å². The summed E-state index contributed by atoms with van der Waals surface area (Å²) < 4.78 is 35.1. The van der Waals surface area contributed by atoms with Crippen LogP contribution in [0.3, 0.4) is 0 Å². The number of nitrogens with one attached hydrogen (secondary N) is 2. The summed E-state index contributed by atoms with van der Waals surface area (Å²) in [6.45, 7) is -3.01. The van der Waals surface area contributed by atoms with Crippen LogP contribution in [0, 0.1) is 0 Å². The lowest BCUT2D eigenvalue weighted by molar-refractivity contribution is -0.0513. The molecule has 2 aromatic rings. The molecule has 1 aromatic carbocycles. The first-order valence-corrected chi connectivity index (χ1v) is 7.09. The molecule has 2 N–H and O–H groups in total. The molecule has 1 aromatic heterocycles. The molecule has 0 spiro atoms. The largest absolute Gasteiger partial charge is 0.493 e. The number of H-pyrrole nitrogens is 1. The van der Waals surface area contributed by atoms with Crippen LogP contribution < -0.4 is 14.9 Å². The van der Waals surface area contributed by atoms with Crippen LogP contribution in [0.15, 0.2) is 40.0 Å². The number of benzene rings is 1. The lowest BCUT2D eigenvalue weighted by Gasteiger charge is -2.11. The molecular formula is C14H12BrF2N3O3. The summed E-state index contributed by atoms with van der Waals surface area (Å²) in [5.41, 5.74) is 2.80. The number of hydrogen-bond donors (Lipinski definition) is 2. The number of nitrogens with zero attached hydrogens (tertiary/aromatic N) is 1. The Kier molecular flexibility index (Phi) is 5.69. The molecule has 23 heavy (non-hydrogen) atoms. The van der Waals surface area contributed by atoms with Crippen molar-refractivity contribution in [3.05, 3.63) is 46.2 Å². The van der Waals surface area contributed by atoms with Crippen molar-refractivity contribution in [3.63, 3.8) is 0 Å². The van der Waals surface area contributed by atoms with E-state index >= 15 is 0 Å². The average Bonchev–Trinajstić information content (AvgIpc) is 2.94. The van der Waals surface area contributed by atoms with Gasteiger partial charge in [-0.3, -0.25) is 4.79 Å². The summed E-state index contributed by atoms with van der Waals surface area (Å²) in [6, 6.07) is 6.13. The number of para-hydroxylation sites is 1. The van der Waals surface area contributed by atoms with E-state index < -0.39 is 12.5 Å². The first kappa shape index (κ1) is 16.9. The minimum absolute atomic E-state index is 0.133. The van der Waals surface area contributed by atoms with Gasteiger partial charge in [0, 0.05) is 16.2 Å². The SMILES string of the molecule is COc1cccc(/C=N\NC(=O)c2cc(Br)c[nH]2)c1OC(F)F. The number of methoxy groups -OCH3 is 1. The second kappa shape index (κ2) is 7.73. The van der Waals surface area contributed by atoms with Crippen molar-refractivity contribution >= 4 is 28.1 Å². The highest BCUT2D eigenvalue weighted by molar-refractivity contribution is 9.10. The molecule has 0 aliphatic rings. The van der Waals surface area contributed by atoms with E-state index in [1.165, 1.54) is 25.5 Å². The molecule has 0 saturated carbocycles. The number of aromatic nitrogens is 1. The molecular weight excluding hydrogens is 376 g/mol. The molecule has 0 aliphatic heterocycles. The molecule has 1 heterocycles. The molecule has 0 fully saturated rings. The number of ether oxygens (including phenoxy) is 2. The number of halogens is 3. The van der Waals surface area contributed by atoms with Gasteiger partial charge in [-0.15, -0.1) is 0 Å². The third-order valence-electron chi connectivity index (χ3n) is 2.70.